The number of ether oxygens (including phenoxy) is 2. The van der Waals surface area contributed by atoms with Crippen LogP contribution in [-0.4, -0.2) is 57.7 Å². The van der Waals surface area contributed by atoms with Crippen molar-refractivity contribution >= 4 is 11.6 Å². The molecule has 0 amide bonds. The molecule has 6 unspecified atom stereocenters. The van der Waals surface area contributed by atoms with Crippen LogP contribution >= 0.6 is 0 Å². The third-order valence-corrected chi connectivity index (χ3v) is 9.19. The van der Waals surface area contributed by atoms with Crippen molar-refractivity contribution in [3.8, 4) is 0 Å². The van der Waals surface area contributed by atoms with Crippen LogP contribution in [0.5, 0.6) is 0 Å². The molecule has 5 aliphatic rings. The lowest BCUT2D eigenvalue weighted by atomic mass is 9.44. The Labute approximate surface area is 181 Å². The van der Waals surface area contributed by atoms with E-state index in [1.807, 2.05) is 6.92 Å². The van der Waals surface area contributed by atoms with Gasteiger partial charge in [0.2, 0.25) is 0 Å². The predicted molar refractivity (Wildman–Crippen MR) is 109 cm³/mol. The van der Waals surface area contributed by atoms with E-state index in [0.717, 1.165) is 5.57 Å². The molecule has 7 heteroatoms. The fourth-order valence-electron chi connectivity index (χ4n) is 7.93. The summed E-state index contributed by atoms with van der Waals surface area (Å²) in [5, 5.41) is 21.2. The first-order chi connectivity index (χ1) is 14.4. The molecule has 3 saturated carbocycles. The van der Waals surface area contributed by atoms with Crippen LogP contribution in [0.2, 0.25) is 0 Å². The molecule has 31 heavy (non-hydrogen) atoms. The van der Waals surface area contributed by atoms with Crippen molar-refractivity contribution in [1.82, 2.24) is 0 Å². The van der Waals surface area contributed by atoms with Gasteiger partial charge in [0.05, 0.1) is 12.2 Å². The second-order valence-electron chi connectivity index (χ2n) is 10.9. The zero-order valence-electron chi connectivity index (χ0n) is 18.5. The standard InChI is InChI=1S/C24H31FO6/c1-20(2)30-19-10-16-15-6-5-13-9-14(27)7-8-21(13,3)23(15,25)17(28)11-22(16,4)24(19,31-20)18(29)12-26/h7-9,15-17,19,26,28H,5-6,10-12H2,1-4H3/t15?,16?,17?,19-,21?,22?,23+,24?/m1/s1. The number of allylic oxidation sites excluding steroid dienone is 4. The Morgan fingerprint density at radius 1 is 1.26 bits per heavy atom. The zero-order valence-corrected chi connectivity index (χ0v) is 18.5. The van der Waals surface area contributed by atoms with Crippen LogP contribution in [0.3, 0.4) is 0 Å². The highest BCUT2D eigenvalue weighted by Gasteiger charge is 2.79. The van der Waals surface area contributed by atoms with E-state index in [4.69, 9.17) is 9.47 Å². The van der Waals surface area contributed by atoms with Crippen LogP contribution in [0.4, 0.5) is 4.39 Å². The molecule has 5 rings (SSSR count). The average Bonchev–Trinajstić information content (AvgIpc) is 3.09. The molecule has 4 fully saturated rings. The molecule has 1 saturated heterocycles. The van der Waals surface area contributed by atoms with Gasteiger partial charge in [0.25, 0.3) is 0 Å². The van der Waals surface area contributed by atoms with Gasteiger partial charge in [-0.2, -0.15) is 0 Å². The van der Waals surface area contributed by atoms with Gasteiger partial charge in [-0.05, 0) is 64.5 Å². The van der Waals surface area contributed by atoms with Gasteiger partial charge in [0, 0.05) is 16.7 Å². The maximum atomic E-state index is 17.1. The van der Waals surface area contributed by atoms with E-state index in [9.17, 15) is 19.8 Å². The lowest BCUT2D eigenvalue weighted by molar-refractivity contribution is -0.246. The highest BCUT2D eigenvalue weighted by molar-refractivity contribution is 6.01. The molecule has 0 bridgehead atoms. The molecular formula is C24H31FO6. The Morgan fingerprint density at radius 2 is 1.97 bits per heavy atom. The first-order valence-corrected chi connectivity index (χ1v) is 11.2. The van der Waals surface area contributed by atoms with E-state index in [0.29, 0.717) is 19.3 Å². The fraction of sp³-hybridized carbons (Fsp3) is 0.750. The van der Waals surface area contributed by atoms with E-state index < -0.39 is 58.4 Å². The smallest absolute Gasteiger partial charge is 0.193 e. The summed E-state index contributed by atoms with van der Waals surface area (Å²) < 4.78 is 29.5. The highest BCUT2D eigenvalue weighted by atomic mass is 19.1. The minimum absolute atomic E-state index is 0.0109. The van der Waals surface area contributed by atoms with Gasteiger partial charge < -0.3 is 19.7 Å². The van der Waals surface area contributed by atoms with Crippen LogP contribution in [0.15, 0.2) is 23.8 Å². The zero-order chi connectivity index (χ0) is 22.6. The molecule has 8 atom stereocenters. The summed E-state index contributed by atoms with van der Waals surface area (Å²) in [4.78, 5) is 25.1. The Morgan fingerprint density at radius 3 is 2.65 bits per heavy atom. The van der Waals surface area contributed by atoms with Crippen LogP contribution in [0.25, 0.3) is 0 Å². The van der Waals surface area contributed by atoms with E-state index in [-0.39, 0.29) is 18.1 Å². The number of rotatable bonds is 2. The van der Waals surface area contributed by atoms with E-state index in [1.54, 1.807) is 26.8 Å². The van der Waals surface area contributed by atoms with Crippen molar-refractivity contribution in [2.24, 2.45) is 22.7 Å². The summed E-state index contributed by atoms with van der Waals surface area (Å²) in [5.74, 6) is -2.46. The third-order valence-electron chi connectivity index (χ3n) is 9.19. The minimum atomic E-state index is -1.98. The SMILES string of the molecule is CC1(C)O[C@@H]2CC3C4CCC5=CC(=O)C=CC5(C)[C@@]4(F)C(O)CC3(C)C2(C(=O)CO)O1. The van der Waals surface area contributed by atoms with Crippen molar-refractivity contribution in [2.45, 2.75) is 82.6 Å². The summed E-state index contributed by atoms with van der Waals surface area (Å²) in [5.41, 5.74) is -4.66. The number of carbonyl (C=O) groups excluding carboxylic acids is 2. The monoisotopic (exact) mass is 434 g/mol. The minimum Gasteiger partial charge on any atom is -0.390 e. The quantitative estimate of drug-likeness (QED) is 0.694. The lowest BCUT2D eigenvalue weighted by Crippen LogP contribution is -2.70. The number of aliphatic hydroxyl groups is 2. The van der Waals surface area contributed by atoms with Crippen LogP contribution < -0.4 is 0 Å². The second kappa shape index (κ2) is 6.13. The number of carbonyl (C=O) groups is 2. The van der Waals surface area contributed by atoms with Crippen molar-refractivity contribution in [3.63, 3.8) is 0 Å². The number of alkyl halides is 1. The van der Waals surface area contributed by atoms with Crippen LogP contribution in [0.1, 0.15) is 53.4 Å². The highest BCUT2D eigenvalue weighted by Crippen LogP contribution is 2.72. The number of aliphatic hydroxyl groups excluding tert-OH is 2. The summed E-state index contributed by atoms with van der Waals surface area (Å²) in [6.07, 6.45) is 4.00. The molecule has 1 aliphatic heterocycles. The summed E-state index contributed by atoms with van der Waals surface area (Å²) in [6, 6.07) is 0. The van der Waals surface area contributed by atoms with Gasteiger partial charge in [-0.1, -0.05) is 18.6 Å². The Bertz CT molecular complexity index is 925. The molecule has 0 spiro atoms. The van der Waals surface area contributed by atoms with Crippen molar-refractivity contribution in [2.75, 3.05) is 6.61 Å². The molecule has 170 valence electrons. The van der Waals surface area contributed by atoms with Gasteiger partial charge >= 0.3 is 0 Å². The molecule has 0 aromatic carbocycles. The van der Waals surface area contributed by atoms with E-state index in [2.05, 4.69) is 0 Å². The predicted octanol–water partition coefficient (Wildman–Crippen LogP) is 2.42. The lowest BCUT2D eigenvalue weighted by Gasteiger charge is -2.62. The Hall–Kier alpha value is -1.41. The first-order valence-electron chi connectivity index (χ1n) is 11.2. The van der Waals surface area contributed by atoms with Gasteiger partial charge in [-0.25, -0.2) is 4.39 Å². The van der Waals surface area contributed by atoms with Crippen molar-refractivity contribution in [3.05, 3.63) is 23.8 Å². The molecular weight excluding hydrogens is 403 g/mol. The number of halogens is 1. The van der Waals surface area contributed by atoms with Crippen LogP contribution in [0, 0.1) is 22.7 Å². The van der Waals surface area contributed by atoms with Gasteiger partial charge in [-0.15, -0.1) is 0 Å². The summed E-state index contributed by atoms with van der Waals surface area (Å²) in [7, 11) is 0. The number of ketones is 2. The number of hydrogen-bond donors (Lipinski definition) is 2. The first kappa shape index (κ1) is 21.4. The second-order valence-corrected chi connectivity index (χ2v) is 10.9. The molecule has 4 aliphatic carbocycles. The number of fused-ring (bicyclic) bond motifs is 7. The average molecular weight is 435 g/mol. The summed E-state index contributed by atoms with van der Waals surface area (Å²) in [6.45, 7) is 6.41. The molecule has 1 heterocycles. The van der Waals surface area contributed by atoms with Gasteiger partial charge in [-0.3, -0.25) is 9.59 Å². The van der Waals surface area contributed by atoms with E-state index >= 15 is 4.39 Å². The Kier molecular flexibility index (Phi) is 4.24. The van der Waals surface area contributed by atoms with Crippen molar-refractivity contribution in [1.29, 1.82) is 0 Å². The largest absolute Gasteiger partial charge is 0.390 e. The fourth-order valence-corrected chi connectivity index (χ4v) is 7.93. The molecule has 2 N–H and O–H groups in total. The van der Waals surface area contributed by atoms with Crippen LogP contribution in [-0.2, 0) is 19.1 Å². The van der Waals surface area contributed by atoms with Crippen molar-refractivity contribution < 1.29 is 33.7 Å². The molecule has 0 radical (unpaired) electrons. The third kappa shape index (κ3) is 2.31. The Balaban J connectivity index is 1.64. The number of hydrogen-bond acceptors (Lipinski definition) is 6. The van der Waals surface area contributed by atoms with Gasteiger partial charge in [0.1, 0.15) is 6.61 Å². The maximum absolute atomic E-state index is 17.1. The molecule has 0 aromatic heterocycles. The van der Waals surface area contributed by atoms with E-state index in [1.165, 1.54) is 12.2 Å². The molecule has 6 nitrogen and oxygen atoms in total. The number of Topliss-reactive ketones (excluding diaryl/α,β-unsaturated/α-hetero) is 1. The molecule has 0 aromatic rings. The topological polar surface area (TPSA) is 93.1 Å². The summed E-state index contributed by atoms with van der Waals surface area (Å²) >= 11 is 0. The van der Waals surface area contributed by atoms with Gasteiger partial charge in [0.15, 0.2) is 28.6 Å². The maximum Gasteiger partial charge on any atom is 0.193 e. The normalized spacial score (nSPS) is 52.1.